The summed E-state index contributed by atoms with van der Waals surface area (Å²) in [4.78, 5) is 10.1. The molecule has 1 aliphatic rings. The molecule has 0 radical (unpaired) electrons. The van der Waals surface area contributed by atoms with E-state index in [1.165, 1.54) is 72.4 Å². The normalized spacial score (nSPS) is 13.3. The Hall–Kier alpha value is -7.89. The minimum Gasteiger partial charge on any atom is -0.457 e. The van der Waals surface area contributed by atoms with Crippen LogP contribution in [-0.2, 0) is 21.7 Å². The van der Waals surface area contributed by atoms with Crippen LogP contribution >= 0.6 is 0 Å². The van der Waals surface area contributed by atoms with E-state index in [0.29, 0.717) is 18.5 Å². The molecule has 0 saturated carbocycles. The fourth-order valence-corrected chi connectivity index (χ4v) is 11.8. The van der Waals surface area contributed by atoms with Crippen molar-refractivity contribution in [3.8, 4) is 39.6 Å². The molecule has 0 atom stereocenters. The van der Waals surface area contributed by atoms with Gasteiger partial charge in [0.2, 0.25) is 0 Å². The smallest absolute Gasteiger partial charge is 0.137 e. The molecule has 406 valence electrons. The molecular weight excluding hydrogens is 973 g/mol. The maximum Gasteiger partial charge on any atom is 0.137 e. The Balaban J connectivity index is 1.10. The average Bonchev–Trinajstić information content (AvgIpc) is 4.19. The van der Waals surface area contributed by atoms with Crippen LogP contribution in [-0.4, -0.2) is 16.2 Å². The highest BCUT2D eigenvalue weighted by Crippen LogP contribution is 2.50. The Bertz CT molecular complexity index is 3910. The summed E-state index contributed by atoms with van der Waals surface area (Å²) < 4.78 is 9.66. The highest BCUT2D eigenvalue weighted by molar-refractivity contribution is 6.10. The molecule has 0 unspecified atom stereocenters. The third-order valence-corrected chi connectivity index (χ3v) is 16.8. The van der Waals surface area contributed by atoms with Crippen LogP contribution in [0.3, 0.4) is 0 Å². The molecule has 0 amide bonds. The third kappa shape index (κ3) is 10.2. The number of benzene rings is 8. The lowest BCUT2D eigenvalue weighted by Gasteiger charge is -2.32. The second-order valence-electron chi connectivity index (χ2n) is 26.7. The van der Waals surface area contributed by atoms with E-state index in [0.717, 1.165) is 50.7 Å². The summed E-state index contributed by atoms with van der Waals surface area (Å²) in [6.45, 7) is 35.3. The van der Waals surface area contributed by atoms with Crippen molar-refractivity contribution < 1.29 is 4.74 Å². The summed E-state index contributed by atoms with van der Waals surface area (Å²) >= 11 is 0. The first kappa shape index (κ1) is 54.1. The van der Waals surface area contributed by atoms with E-state index >= 15 is 0 Å². The maximum atomic E-state index is 7.35. The highest BCUT2D eigenvalue weighted by Gasteiger charge is 2.34. The van der Waals surface area contributed by atoms with Gasteiger partial charge < -0.3 is 14.5 Å². The topological polar surface area (TPSA) is 33.5 Å². The lowest BCUT2D eigenvalue weighted by molar-refractivity contribution is 0.483. The van der Waals surface area contributed by atoms with Crippen LogP contribution in [0.5, 0.6) is 11.5 Å². The molecule has 0 fully saturated rings. The van der Waals surface area contributed by atoms with Crippen LogP contribution < -0.4 is 14.5 Å². The van der Waals surface area contributed by atoms with E-state index < -0.39 is 0 Å². The zero-order chi connectivity index (χ0) is 56.6. The van der Waals surface area contributed by atoms with E-state index in [1.54, 1.807) is 0 Å². The van der Waals surface area contributed by atoms with Crippen molar-refractivity contribution in [1.29, 1.82) is 0 Å². The lowest BCUT2D eigenvalue weighted by atomic mass is 9.75. The molecule has 0 bridgehead atoms. The Labute approximate surface area is 476 Å². The molecule has 2 aromatic heterocycles. The van der Waals surface area contributed by atoms with Gasteiger partial charge in [-0.2, -0.15) is 0 Å². The molecule has 5 heteroatoms. The molecule has 10 aromatic rings. The molecule has 80 heavy (non-hydrogen) atoms. The number of nitrogens with zero attached hydrogens (tertiary/aromatic N) is 4. The summed E-state index contributed by atoms with van der Waals surface area (Å²) in [6, 6.07) is 67.7. The first-order valence-corrected chi connectivity index (χ1v) is 28.9. The van der Waals surface area contributed by atoms with Gasteiger partial charge in [0.05, 0.1) is 22.4 Å². The van der Waals surface area contributed by atoms with Gasteiger partial charge in [0.25, 0.3) is 0 Å². The molecule has 0 spiro atoms. The number of hydrogen-bond donors (Lipinski definition) is 0. The molecule has 1 aliphatic heterocycles. The molecule has 8 aromatic carbocycles. The first-order chi connectivity index (χ1) is 37.9. The summed E-state index contributed by atoms with van der Waals surface area (Å²) in [7, 11) is 0. The molecule has 0 aliphatic carbocycles. The monoisotopic (exact) mass is 1050 g/mol. The minimum atomic E-state index is -0.235. The van der Waals surface area contributed by atoms with Crippen LogP contribution in [0.25, 0.3) is 49.9 Å². The largest absolute Gasteiger partial charge is 0.457 e. The maximum absolute atomic E-state index is 7.35. The van der Waals surface area contributed by atoms with Gasteiger partial charge in [0.15, 0.2) is 0 Å². The number of pyridine rings is 1. The van der Waals surface area contributed by atoms with Crippen molar-refractivity contribution in [3.63, 3.8) is 0 Å². The minimum absolute atomic E-state index is 0.0565. The second kappa shape index (κ2) is 20.3. The summed E-state index contributed by atoms with van der Waals surface area (Å²) in [5.74, 6) is 3.02. The van der Waals surface area contributed by atoms with Crippen LogP contribution in [0.1, 0.15) is 155 Å². The van der Waals surface area contributed by atoms with Crippen molar-refractivity contribution in [2.75, 3.05) is 16.5 Å². The standard InChI is InChI=1S/C75H80N4O/c1-48(2)62-27-22-28-63(49(3)4)71(62)52-37-58(77-47-78(69-43-54(72(5,6)7)30-34-67(69)77)59-41-56(74(11,12)13)40-57(42-59)75(14,15)53-25-20-17-21-26-53)45-61(38-52)80-60-31-32-64-65-39-51(50-23-18-16-19-24-50)29-33-66(65)79(68(64)46-60)70-44-55(35-36-76-70)73(8,9)10/h16-46,48-49H,47H2,1-15H3. The quantitative estimate of drug-likeness (QED) is 0.129. The van der Waals surface area contributed by atoms with Crippen LogP contribution in [0.15, 0.2) is 188 Å². The van der Waals surface area contributed by atoms with Gasteiger partial charge in [-0.05, 0) is 162 Å². The van der Waals surface area contributed by atoms with Gasteiger partial charge in [0, 0.05) is 45.9 Å². The van der Waals surface area contributed by atoms with E-state index in [2.05, 4.69) is 300 Å². The molecule has 3 heterocycles. The van der Waals surface area contributed by atoms with Crippen molar-refractivity contribution in [2.45, 2.75) is 137 Å². The Morgan fingerprint density at radius 1 is 0.412 bits per heavy atom. The third-order valence-electron chi connectivity index (χ3n) is 16.8. The average molecular weight is 1050 g/mol. The van der Waals surface area contributed by atoms with Gasteiger partial charge in [-0.25, -0.2) is 4.98 Å². The zero-order valence-electron chi connectivity index (χ0n) is 50.0. The van der Waals surface area contributed by atoms with Crippen molar-refractivity contribution in [1.82, 2.24) is 9.55 Å². The lowest BCUT2D eigenvalue weighted by Crippen LogP contribution is -2.26. The van der Waals surface area contributed by atoms with E-state index in [1.807, 2.05) is 6.20 Å². The number of ether oxygens (including phenoxy) is 1. The highest BCUT2D eigenvalue weighted by atomic mass is 16.5. The number of anilines is 4. The SMILES string of the molecule is CC(C)c1cccc(C(C)C)c1-c1cc(Oc2ccc3c4cc(-c5ccccc5)ccc4n(-c4cc(C(C)(C)C)ccn4)c3c2)cc(N2CN(c3cc(C(C)(C)C)cc(C(C)(C)c4ccccc4)c3)c3cc(C(C)(C)C)ccc32)c1. The van der Waals surface area contributed by atoms with Crippen molar-refractivity contribution in [3.05, 3.63) is 227 Å². The number of aromatic nitrogens is 2. The Morgan fingerprint density at radius 3 is 1.70 bits per heavy atom. The predicted molar refractivity (Wildman–Crippen MR) is 341 cm³/mol. The molecule has 0 N–H and O–H groups in total. The van der Waals surface area contributed by atoms with Crippen molar-refractivity contribution >= 4 is 44.6 Å². The Kier molecular flexibility index (Phi) is 13.7. The van der Waals surface area contributed by atoms with E-state index in [9.17, 15) is 0 Å². The second-order valence-corrected chi connectivity index (χ2v) is 26.7. The zero-order valence-corrected chi connectivity index (χ0v) is 50.0. The van der Waals surface area contributed by atoms with Gasteiger partial charge in [-0.3, -0.25) is 4.57 Å². The summed E-state index contributed by atoms with van der Waals surface area (Å²) in [5.41, 5.74) is 20.2. The number of hydrogen-bond acceptors (Lipinski definition) is 4. The molecular formula is C75H80N4O. The molecule has 5 nitrogen and oxygen atoms in total. The summed E-state index contributed by atoms with van der Waals surface area (Å²) in [5, 5.41) is 2.31. The molecule has 11 rings (SSSR count). The Morgan fingerprint density at radius 2 is 1.04 bits per heavy atom. The first-order valence-electron chi connectivity index (χ1n) is 28.9. The van der Waals surface area contributed by atoms with Gasteiger partial charge in [0.1, 0.15) is 24.0 Å². The summed E-state index contributed by atoms with van der Waals surface area (Å²) in [6.07, 6.45) is 1.95. The number of fused-ring (bicyclic) bond motifs is 4. The molecule has 0 saturated heterocycles. The predicted octanol–water partition coefficient (Wildman–Crippen LogP) is 21.0. The number of rotatable bonds is 11. The van der Waals surface area contributed by atoms with Crippen LogP contribution in [0, 0.1) is 0 Å². The fourth-order valence-electron chi connectivity index (χ4n) is 11.8. The van der Waals surface area contributed by atoms with Gasteiger partial charge >= 0.3 is 0 Å². The van der Waals surface area contributed by atoms with Crippen LogP contribution in [0.2, 0.25) is 0 Å². The van der Waals surface area contributed by atoms with Crippen molar-refractivity contribution in [2.24, 2.45) is 0 Å². The van der Waals surface area contributed by atoms with E-state index in [4.69, 9.17) is 9.72 Å². The van der Waals surface area contributed by atoms with Crippen LogP contribution in [0.4, 0.5) is 22.7 Å². The van der Waals surface area contributed by atoms with Gasteiger partial charge in [-0.15, -0.1) is 0 Å². The van der Waals surface area contributed by atoms with Gasteiger partial charge in [-0.1, -0.05) is 201 Å². The fraction of sp³-hybridized carbons (Fsp3) is 0.293. The van der Waals surface area contributed by atoms with E-state index in [-0.39, 0.29) is 21.7 Å².